The van der Waals surface area contributed by atoms with E-state index in [1.54, 1.807) is 6.20 Å². The Morgan fingerprint density at radius 1 is 1.40 bits per heavy atom. The van der Waals surface area contributed by atoms with Crippen molar-refractivity contribution in [3.8, 4) is 0 Å². The summed E-state index contributed by atoms with van der Waals surface area (Å²) in [6.07, 6.45) is 2.76. The Morgan fingerprint density at radius 2 is 2.25 bits per heavy atom. The van der Waals surface area contributed by atoms with E-state index in [-0.39, 0.29) is 11.8 Å². The fourth-order valence-corrected chi connectivity index (χ4v) is 2.34. The average molecular weight is 269 g/mol. The lowest BCUT2D eigenvalue weighted by atomic mass is 10.1. The molecule has 0 radical (unpaired) electrons. The van der Waals surface area contributed by atoms with Crippen LogP contribution in [0.3, 0.4) is 0 Å². The maximum absolute atomic E-state index is 11.9. The predicted molar refractivity (Wildman–Crippen MR) is 74.8 cm³/mol. The first-order valence-electron chi connectivity index (χ1n) is 6.63. The maximum Gasteiger partial charge on any atom is 0.242 e. The molecule has 1 aliphatic rings. The molecule has 0 spiro atoms. The highest BCUT2D eigenvalue weighted by molar-refractivity contribution is 5.90. The van der Waals surface area contributed by atoms with Gasteiger partial charge in [-0.15, -0.1) is 0 Å². The highest BCUT2D eigenvalue weighted by Crippen LogP contribution is 2.13. The minimum absolute atomic E-state index is 0.0579. The highest BCUT2D eigenvalue weighted by atomic mass is 16.2. The number of fused-ring (bicyclic) bond motifs is 1. The van der Waals surface area contributed by atoms with Gasteiger partial charge < -0.3 is 10.6 Å². The number of hydrogen-bond acceptors (Lipinski definition) is 3. The van der Waals surface area contributed by atoms with Gasteiger partial charge in [-0.2, -0.15) is 0 Å². The van der Waals surface area contributed by atoms with Crippen LogP contribution >= 0.6 is 0 Å². The molecular weight excluding hydrogens is 254 g/mol. The first-order valence-corrected chi connectivity index (χ1v) is 6.63. The molecule has 2 heterocycles. The van der Waals surface area contributed by atoms with E-state index < -0.39 is 6.04 Å². The van der Waals surface area contributed by atoms with Crippen LogP contribution in [0.2, 0.25) is 0 Å². The van der Waals surface area contributed by atoms with Gasteiger partial charge in [0.1, 0.15) is 6.04 Å². The summed E-state index contributed by atoms with van der Waals surface area (Å²) in [5.41, 5.74) is 1.88. The zero-order valence-electron chi connectivity index (χ0n) is 10.9. The van der Waals surface area contributed by atoms with Gasteiger partial charge in [-0.3, -0.25) is 14.6 Å². The number of pyridine rings is 1. The van der Waals surface area contributed by atoms with E-state index in [2.05, 4.69) is 15.6 Å². The fourth-order valence-electron chi connectivity index (χ4n) is 2.34. The van der Waals surface area contributed by atoms with Gasteiger partial charge in [0.25, 0.3) is 0 Å². The van der Waals surface area contributed by atoms with Crippen LogP contribution in [0, 0.1) is 0 Å². The molecule has 2 N–H and O–H groups in total. The molecular formula is C15H15N3O2. The van der Waals surface area contributed by atoms with E-state index in [4.69, 9.17) is 0 Å². The zero-order valence-corrected chi connectivity index (χ0v) is 10.9. The molecule has 20 heavy (non-hydrogen) atoms. The number of hydrogen-bond donors (Lipinski definition) is 2. The summed E-state index contributed by atoms with van der Waals surface area (Å²) in [7, 11) is 0. The number of carbonyl (C=O) groups excluding carboxylic acids is 2. The summed E-state index contributed by atoms with van der Waals surface area (Å²) < 4.78 is 0. The molecule has 1 unspecified atom stereocenters. The molecule has 1 saturated heterocycles. The Morgan fingerprint density at radius 3 is 3.05 bits per heavy atom. The van der Waals surface area contributed by atoms with Gasteiger partial charge in [0.15, 0.2) is 0 Å². The van der Waals surface area contributed by atoms with Gasteiger partial charge in [-0.1, -0.05) is 18.2 Å². The van der Waals surface area contributed by atoms with E-state index in [1.807, 2.05) is 30.3 Å². The summed E-state index contributed by atoms with van der Waals surface area (Å²) in [5.74, 6) is -0.193. The van der Waals surface area contributed by atoms with Crippen molar-refractivity contribution < 1.29 is 9.59 Å². The van der Waals surface area contributed by atoms with Crippen LogP contribution in [0.15, 0.2) is 36.5 Å². The Kier molecular flexibility index (Phi) is 3.33. The minimum atomic E-state index is -0.393. The lowest BCUT2D eigenvalue weighted by Crippen LogP contribution is -2.41. The molecule has 5 nitrogen and oxygen atoms in total. The van der Waals surface area contributed by atoms with Gasteiger partial charge in [0.05, 0.1) is 5.52 Å². The monoisotopic (exact) mass is 269 g/mol. The third-order valence-corrected chi connectivity index (χ3v) is 3.43. The fraction of sp³-hybridized carbons (Fsp3) is 0.267. The van der Waals surface area contributed by atoms with E-state index in [9.17, 15) is 9.59 Å². The average Bonchev–Trinajstić information content (AvgIpc) is 2.91. The van der Waals surface area contributed by atoms with Crippen LogP contribution in [0.5, 0.6) is 0 Å². The van der Waals surface area contributed by atoms with Crippen LogP contribution in [-0.4, -0.2) is 22.8 Å². The molecule has 1 aromatic heterocycles. The number of nitrogens with one attached hydrogen (secondary N) is 2. The van der Waals surface area contributed by atoms with Crippen molar-refractivity contribution >= 4 is 22.7 Å². The topological polar surface area (TPSA) is 71.1 Å². The van der Waals surface area contributed by atoms with E-state index >= 15 is 0 Å². The Hall–Kier alpha value is -2.43. The first kappa shape index (κ1) is 12.6. The Bertz CT molecular complexity index is 669. The Balaban J connectivity index is 1.64. The molecule has 1 fully saturated rings. The summed E-state index contributed by atoms with van der Waals surface area (Å²) in [6, 6.07) is 9.46. The Labute approximate surface area is 116 Å². The normalized spacial score (nSPS) is 18.0. The molecule has 2 aromatic rings. The second-order valence-corrected chi connectivity index (χ2v) is 4.91. The number of aromatic nitrogens is 1. The minimum Gasteiger partial charge on any atom is -0.350 e. The highest BCUT2D eigenvalue weighted by Gasteiger charge is 2.26. The summed E-state index contributed by atoms with van der Waals surface area (Å²) in [6.45, 7) is 0.420. The van der Waals surface area contributed by atoms with Gasteiger partial charge in [0, 0.05) is 24.5 Å². The van der Waals surface area contributed by atoms with E-state index in [0.717, 1.165) is 16.5 Å². The van der Waals surface area contributed by atoms with Gasteiger partial charge in [-0.05, 0) is 24.1 Å². The number of amides is 2. The molecule has 5 heteroatoms. The second kappa shape index (κ2) is 5.28. The molecule has 1 atom stereocenters. The maximum atomic E-state index is 11.9. The molecule has 1 aromatic carbocycles. The second-order valence-electron chi connectivity index (χ2n) is 4.91. The van der Waals surface area contributed by atoms with Crippen molar-refractivity contribution in [3.05, 3.63) is 42.1 Å². The molecule has 0 saturated carbocycles. The van der Waals surface area contributed by atoms with Crippen LogP contribution in [0.25, 0.3) is 10.9 Å². The SMILES string of the molecule is O=C1CCC(C(=O)NCc2cnc3ccccc3c2)N1. The van der Waals surface area contributed by atoms with Crippen LogP contribution in [-0.2, 0) is 16.1 Å². The van der Waals surface area contributed by atoms with Crippen molar-refractivity contribution in [1.29, 1.82) is 0 Å². The molecule has 102 valence electrons. The first-order chi connectivity index (χ1) is 9.72. The summed E-state index contributed by atoms with van der Waals surface area (Å²) in [4.78, 5) is 27.3. The number of benzene rings is 1. The van der Waals surface area contributed by atoms with Gasteiger partial charge in [0.2, 0.25) is 11.8 Å². The van der Waals surface area contributed by atoms with Crippen molar-refractivity contribution in [2.75, 3.05) is 0 Å². The van der Waals surface area contributed by atoms with Crippen LogP contribution < -0.4 is 10.6 Å². The molecule has 1 aliphatic heterocycles. The van der Waals surface area contributed by atoms with Crippen molar-refractivity contribution in [3.63, 3.8) is 0 Å². The largest absolute Gasteiger partial charge is 0.350 e. The quantitative estimate of drug-likeness (QED) is 0.877. The number of nitrogens with zero attached hydrogens (tertiary/aromatic N) is 1. The molecule has 2 amide bonds. The number of para-hydroxylation sites is 1. The zero-order chi connectivity index (χ0) is 13.9. The van der Waals surface area contributed by atoms with Crippen molar-refractivity contribution in [2.45, 2.75) is 25.4 Å². The van der Waals surface area contributed by atoms with Crippen molar-refractivity contribution in [2.24, 2.45) is 0 Å². The van der Waals surface area contributed by atoms with E-state index in [0.29, 0.717) is 19.4 Å². The number of carbonyl (C=O) groups is 2. The third kappa shape index (κ3) is 2.61. The third-order valence-electron chi connectivity index (χ3n) is 3.43. The lowest BCUT2D eigenvalue weighted by Gasteiger charge is -2.11. The van der Waals surface area contributed by atoms with Crippen LogP contribution in [0.1, 0.15) is 18.4 Å². The molecule has 3 rings (SSSR count). The van der Waals surface area contributed by atoms with E-state index in [1.165, 1.54) is 0 Å². The smallest absolute Gasteiger partial charge is 0.242 e. The summed E-state index contributed by atoms with van der Waals surface area (Å²) >= 11 is 0. The molecule has 0 aliphatic carbocycles. The lowest BCUT2D eigenvalue weighted by molar-refractivity contribution is -0.125. The molecule has 0 bridgehead atoms. The summed E-state index contributed by atoms with van der Waals surface area (Å²) in [5, 5.41) is 6.53. The standard InChI is InChI=1S/C15H15N3O2/c19-14-6-5-13(18-14)15(20)17-9-10-7-11-3-1-2-4-12(11)16-8-10/h1-4,7-8,13H,5-6,9H2,(H,17,20)(H,18,19). The van der Waals surface area contributed by atoms with Crippen molar-refractivity contribution in [1.82, 2.24) is 15.6 Å². The van der Waals surface area contributed by atoms with Crippen LogP contribution in [0.4, 0.5) is 0 Å². The van der Waals surface area contributed by atoms with Gasteiger partial charge >= 0.3 is 0 Å². The predicted octanol–water partition coefficient (Wildman–Crippen LogP) is 1.13. The van der Waals surface area contributed by atoms with Gasteiger partial charge in [-0.25, -0.2) is 0 Å². The number of rotatable bonds is 3.